The van der Waals surface area contributed by atoms with E-state index in [2.05, 4.69) is 12.1 Å². The van der Waals surface area contributed by atoms with Gasteiger partial charge in [0.25, 0.3) is 0 Å². The van der Waals surface area contributed by atoms with Gasteiger partial charge in [-0.3, -0.25) is 0 Å². The van der Waals surface area contributed by atoms with E-state index in [4.69, 9.17) is 9.47 Å². The molecule has 0 bridgehead atoms. The summed E-state index contributed by atoms with van der Waals surface area (Å²) in [5.41, 5.74) is 4.48. The number of halogens is 1. The van der Waals surface area contributed by atoms with E-state index in [1.165, 1.54) is 30.0 Å². The zero-order valence-corrected chi connectivity index (χ0v) is 13.6. The van der Waals surface area contributed by atoms with Crippen molar-refractivity contribution < 1.29 is 13.9 Å². The molecule has 2 nitrogen and oxygen atoms in total. The van der Waals surface area contributed by atoms with Crippen LogP contribution in [-0.4, -0.2) is 5.60 Å². The fraction of sp³-hybridized carbons (Fsp3) is 0.400. The van der Waals surface area contributed by atoms with Crippen LogP contribution in [0.4, 0.5) is 4.39 Å². The van der Waals surface area contributed by atoms with Gasteiger partial charge in [-0.15, -0.1) is 0 Å². The van der Waals surface area contributed by atoms with Gasteiger partial charge in [0, 0.05) is 18.1 Å². The second-order valence-corrected chi connectivity index (χ2v) is 7.15. The second kappa shape index (κ2) is 5.26. The minimum Gasteiger partial charge on any atom is -0.489 e. The van der Waals surface area contributed by atoms with Crippen LogP contribution < -0.4 is 9.47 Å². The summed E-state index contributed by atoms with van der Waals surface area (Å²) >= 11 is 0. The molecule has 23 heavy (non-hydrogen) atoms. The molecule has 1 heterocycles. The van der Waals surface area contributed by atoms with Crippen molar-refractivity contribution in [3.8, 4) is 11.5 Å². The third-order valence-corrected chi connectivity index (χ3v) is 4.72. The molecule has 0 radical (unpaired) electrons. The zero-order chi connectivity index (χ0) is 16.0. The molecule has 0 aromatic heterocycles. The molecule has 2 aromatic rings. The van der Waals surface area contributed by atoms with E-state index in [1.54, 1.807) is 6.07 Å². The minimum absolute atomic E-state index is 0.269. The van der Waals surface area contributed by atoms with Crippen LogP contribution in [0.5, 0.6) is 11.5 Å². The molecular weight excluding hydrogens is 291 g/mol. The van der Waals surface area contributed by atoms with Crippen LogP contribution in [0.25, 0.3) is 0 Å². The molecule has 2 aliphatic rings. The fourth-order valence-corrected chi connectivity index (χ4v) is 3.64. The SMILES string of the molecule is CC1(C)Cc2c(COc3ccc4c(c3)CCC4)cc(F)cc2O1. The van der Waals surface area contributed by atoms with Gasteiger partial charge in [-0.2, -0.15) is 0 Å². The third-order valence-electron chi connectivity index (χ3n) is 4.72. The smallest absolute Gasteiger partial charge is 0.127 e. The summed E-state index contributed by atoms with van der Waals surface area (Å²) in [6.07, 6.45) is 4.30. The number of benzene rings is 2. The summed E-state index contributed by atoms with van der Waals surface area (Å²) in [5, 5.41) is 0. The Hall–Kier alpha value is -2.03. The molecule has 0 saturated carbocycles. The van der Waals surface area contributed by atoms with Crippen molar-refractivity contribution in [2.45, 2.75) is 51.7 Å². The zero-order valence-electron chi connectivity index (χ0n) is 13.6. The summed E-state index contributed by atoms with van der Waals surface area (Å²) in [6, 6.07) is 9.34. The van der Waals surface area contributed by atoms with Crippen molar-refractivity contribution in [1.29, 1.82) is 0 Å². The van der Waals surface area contributed by atoms with Crippen LogP contribution in [0.3, 0.4) is 0 Å². The first-order chi connectivity index (χ1) is 11.0. The second-order valence-electron chi connectivity index (χ2n) is 7.15. The third kappa shape index (κ3) is 2.80. The van der Waals surface area contributed by atoms with Gasteiger partial charge >= 0.3 is 0 Å². The van der Waals surface area contributed by atoms with Crippen LogP contribution in [0.1, 0.15) is 42.5 Å². The molecule has 1 aliphatic heterocycles. The van der Waals surface area contributed by atoms with Crippen molar-refractivity contribution in [3.05, 3.63) is 58.4 Å². The van der Waals surface area contributed by atoms with Crippen molar-refractivity contribution in [2.75, 3.05) is 0 Å². The van der Waals surface area contributed by atoms with Crippen LogP contribution in [0.15, 0.2) is 30.3 Å². The van der Waals surface area contributed by atoms with Gasteiger partial charge in [-0.05, 0) is 68.0 Å². The van der Waals surface area contributed by atoms with Gasteiger partial charge in [0.1, 0.15) is 29.5 Å². The van der Waals surface area contributed by atoms with Gasteiger partial charge in [0.2, 0.25) is 0 Å². The largest absolute Gasteiger partial charge is 0.489 e. The Labute approximate surface area is 136 Å². The maximum absolute atomic E-state index is 13.8. The summed E-state index contributed by atoms with van der Waals surface area (Å²) in [4.78, 5) is 0. The molecule has 120 valence electrons. The normalized spacial score (nSPS) is 17.5. The van der Waals surface area contributed by atoms with E-state index in [0.717, 1.165) is 29.7 Å². The monoisotopic (exact) mass is 312 g/mol. The molecule has 0 saturated heterocycles. The standard InChI is InChI=1S/C20H21FO2/c1-20(2)11-18-15(8-16(21)10-19(18)23-20)12-22-17-7-6-13-4-3-5-14(13)9-17/h6-10H,3-5,11-12H2,1-2H3. The summed E-state index contributed by atoms with van der Waals surface area (Å²) < 4.78 is 25.6. The van der Waals surface area contributed by atoms with E-state index >= 15 is 0 Å². The van der Waals surface area contributed by atoms with Crippen molar-refractivity contribution in [1.82, 2.24) is 0 Å². The Morgan fingerprint density at radius 3 is 2.83 bits per heavy atom. The maximum atomic E-state index is 13.8. The maximum Gasteiger partial charge on any atom is 0.127 e. The van der Waals surface area contributed by atoms with E-state index in [1.807, 2.05) is 19.9 Å². The van der Waals surface area contributed by atoms with Crippen LogP contribution in [0.2, 0.25) is 0 Å². The number of rotatable bonds is 3. The topological polar surface area (TPSA) is 18.5 Å². The molecule has 0 unspecified atom stereocenters. The molecule has 0 fully saturated rings. The lowest BCUT2D eigenvalue weighted by molar-refractivity contribution is 0.138. The first kappa shape index (κ1) is 14.6. The lowest BCUT2D eigenvalue weighted by Gasteiger charge is -2.16. The van der Waals surface area contributed by atoms with E-state index in [-0.39, 0.29) is 11.4 Å². The van der Waals surface area contributed by atoms with E-state index in [0.29, 0.717) is 12.4 Å². The molecule has 2 aromatic carbocycles. The van der Waals surface area contributed by atoms with Crippen molar-refractivity contribution in [2.24, 2.45) is 0 Å². The fourth-order valence-electron chi connectivity index (χ4n) is 3.64. The highest BCUT2D eigenvalue weighted by atomic mass is 19.1. The highest BCUT2D eigenvalue weighted by molar-refractivity contribution is 5.45. The molecule has 3 heteroatoms. The molecule has 0 N–H and O–H groups in total. The summed E-state index contributed by atoms with van der Waals surface area (Å²) in [5.74, 6) is 1.25. The average molecular weight is 312 g/mol. The molecular formula is C20H21FO2. The first-order valence-corrected chi connectivity index (χ1v) is 8.25. The van der Waals surface area contributed by atoms with E-state index in [9.17, 15) is 4.39 Å². The Morgan fingerprint density at radius 2 is 1.96 bits per heavy atom. The van der Waals surface area contributed by atoms with E-state index < -0.39 is 0 Å². The van der Waals surface area contributed by atoms with Gasteiger partial charge < -0.3 is 9.47 Å². The summed E-state index contributed by atoms with van der Waals surface area (Å²) in [6.45, 7) is 4.42. The minimum atomic E-state index is -0.279. The molecule has 1 aliphatic carbocycles. The predicted octanol–water partition coefficient (Wildman–Crippen LogP) is 4.61. The Balaban J connectivity index is 1.56. The van der Waals surface area contributed by atoms with Gasteiger partial charge in [0.05, 0.1) is 0 Å². The van der Waals surface area contributed by atoms with Crippen molar-refractivity contribution >= 4 is 0 Å². The predicted molar refractivity (Wildman–Crippen MR) is 87.6 cm³/mol. The summed E-state index contributed by atoms with van der Waals surface area (Å²) in [7, 11) is 0. The van der Waals surface area contributed by atoms with Gasteiger partial charge in [0.15, 0.2) is 0 Å². The number of fused-ring (bicyclic) bond motifs is 2. The molecule has 0 atom stereocenters. The Bertz CT molecular complexity index is 764. The number of aryl methyl sites for hydroxylation is 2. The lowest BCUT2D eigenvalue weighted by atomic mass is 9.97. The quantitative estimate of drug-likeness (QED) is 0.824. The number of hydrogen-bond acceptors (Lipinski definition) is 2. The molecule has 0 spiro atoms. The highest BCUT2D eigenvalue weighted by Gasteiger charge is 2.32. The Morgan fingerprint density at radius 1 is 1.13 bits per heavy atom. The van der Waals surface area contributed by atoms with Crippen molar-refractivity contribution in [3.63, 3.8) is 0 Å². The van der Waals surface area contributed by atoms with Crippen LogP contribution in [-0.2, 0) is 25.9 Å². The number of hydrogen-bond donors (Lipinski definition) is 0. The number of ether oxygens (including phenoxy) is 2. The van der Waals surface area contributed by atoms with Gasteiger partial charge in [-0.25, -0.2) is 4.39 Å². The molecule has 0 amide bonds. The Kier molecular flexibility index (Phi) is 3.33. The average Bonchev–Trinajstić information content (AvgIpc) is 3.06. The first-order valence-electron chi connectivity index (χ1n) is 8.25. The lowest BCUT2D eigenvalue weighted by Crippen LogP contribution is -2.24. The van der Waals surface area contributed by atoms with Crippen LogP contribution >= 0.6 is 0 Å². The highest BCUT2D eigenvalue weighted by Crippen LogP contribution is 2.38. The van der Waals surface area contributed by atoms with Gasteiger partial charge in [-0.1, -0.05) is 6.07 Å². The van der Waals surface area contributed by atoms with Crippen LogP contribution in [0, 0.1) is 5.82 Å². The molecule has 4 rings (SSSR count).